The summed E-state index contributed by atoms with van der Waals surface area (Å²) >= 11 is 0. The first-order valence-electron chi connectivity index (χ1n) is 10.1. The van der Waals surface area contributed by atoms with Crippen LogP contribution in [-0.2, 0) is 13.0 Å². The summed E-state index contributed by atoms with van der Waals surface area (Å²) in [5, 5.41) is 1.27. The lowest BCUT2D eigenvalue weighted by Crippen LogP contribution is -2.37. The molecule has 0 radical (unpaired) electrons. The van der Waals surface area contributed by atoms with E-state index >= 15 is 0 Å². The molecule has 0 saturated carbocycles. The molecule has 0 bridgehead atoms. The predicted molar refractivity (Wildman–Crippen MR) is 117 cm³/mol. The maximum atomic E-state index is 13.5. The number of carbonyl (C=O) groups excluding carboxylic acids is 1. The Balaban J connectivity index is 1.75. The topological polar surface area (TPSA) is 60.8 Å². The van der Waals surface area contributed by atoms with Crippen LogP contribution < -0.4 is 15.0 Å². The van der Waals surface area contributed by atoms with Crippen molar-refractivity contribution in [2.75, 3.05) is 20.8 Å². The van der Waals surface area contributed by atoms with E-state index in [2.05, 4.69) is 0 Å². The third-order valence-corrected chi connectivity index (χ3v) is 5.74. The molecule has 4 rings (SSSR count). The van der Waals surface area contributed by atoms with Gasteiger partial charge in [0.2, 0.25) is 0 Å². The second kappa shape index (κ2) is 7.86. The number of hydrogen-bond donors (Lipinski definition) is 0. The van der Waals surface area contributed by atoms with Crippen molar-refractivity contribution in [2.24, 2.45) is 0 Å². The highest BCUT2D eigenvalue weighted by atomic mass is 16.5. The molecule has 0 saturated heterocycles. The molecular formula is C24H26N2O4. The number of aromatic nitrogens is 1. The summed E-state index contributed by atoms with van der Waals surface area (Å²) in [4.78, 5) is 28.2. The first-order valence-corrected chi connectivity index (χ1v) is 10.1. The van der Waals surface area contributed by atoms with Crippen molar-refractivity contribution in [3.05, 3.63) is 69.6 Å². The van der Waals surface area contributed by atoms with Gasteiger partial charge in [-0.15, -0.1) is 0 Å². The van der Waals surface area contributed by atoms with Crippen molar-refractivity contribution in [3.63, 3.8) is 0 Å². The molecule has 2 heterocycles. The van der Waals surface area contributed by atoms with E-state index in [0.29, 0.717) is 40.9 Å². The van der Waals surface area contributed by atoms with Crippen LogP contribution in [0.3, 0.4) is 0 Å². The second-order valence-electron chi connectivity index (χ2n) is 7.85. The van der Waals surface area contributed by atoms with Gasteiger partial charge in [-0.05, 0) is 49.6 Å². The summed E-state index contributed by atoms with van der Waals surface area (Å²) in [7, 11) is 3.23. The van der Waals surface area contributed by atoms with Gasteiger partial charge < -0.3 is 18.9 Å². The van der Waals surface area contributed by atoms with Gasteiger partial charge in [0.25, 0.3) is 11.5 Å². The Hall–Kier alpha value is -3.28. The monoisotopic (exact) mass is 406 g/mol. The van der Waals surface area contributed by atoms with Crippen LogP contribution in [0, 0.1) is 0 Å². The standard InChI is InChI=1S/C24H26N2O4/c1-15(2)26-14-20(18-7-5-6-8-19(18)24(26)28)23(27)25-10-9-16-11-21(29-3)22(30-4)12-17(16)13-25/h5-8,11-12,14-15H,9-10,13H2,1-4H3. The van der Waals surface area contributed by atoms with E-state index in [1.165, 1.54) is 0 Å². The Morgan fingerprint density at radius 1 is 1.00 bits per heavy atom. The average Bonchev–Trinajstić information content (AvgIpc) is 2.77. The molecule has 1 aromatic heterocycles. The van der Waals surface area contributed by atoms with Crippen LogP contribution in [-0.4, -0.2) is 36.1 Å². The Kier molecular flexibility index (Phi) is 5.24. The zero-order valence-electron chi connectivity index (χ0n) is 17.8. The summed E-state index contributed by atoms with van der Waals surface area (Å²) in [6, 6.07) is 11.2. The molecule has 30 heavy (non-hydrogen) atoms. The van der Waals surface area contributed by atoms with Gasteiger partial charge in [0.15, 0.2) is 11.5 Å². The number of carbonyl (C=O) groups is 1. The molecule has 1 aliphatic heterocycles. The van der Waals surface area contributed by atoms with E-state index in [9.17, 15) is 9.59 Å². The molecule has 2 aromatic carbocycles. The van der Waals surface area contributed by atoms with Crippen molar-refractivity contribution >= 4 is 16.7 Å². The summed E-state index contributed by atoms with van der Waals surface area (Å²) < 4.78 is 12.5. The fourth-order valence-corrected chi connectivity index (χ4v) is 4.09. The normalized spacial score (nSPS) is 13.4. The molecule has 0 fully saturated rings. The molecule has 0 atom stereocenters. The first kappa shape index (κ1) is 20.0. The molecule has 1 amide bonds. The van der Waals surface area contributed by atoms with Gasteiger partial charge in [-0.1, -0.05) is 18.2 Å². The predicted octanol–water partition coefficient (Wildman–Crippen LogP) is 3.80. The van der Waals surface area contributed by atoms with Crippen molar-refractivity contribution in [3.8, 4) is 11.5 Å². The van der Waals surface area contributed by atoms with E-state index in [1.54, 1.807) is 31.0 Å². The quantitative estimate of drug-likeness (QED) is 0.661. The number of amides is 1. The number of fused-ring (bicyclic) bond motifs is 2. The lowest BCUT2D eigenvalue weighted by atomic mass is 9.97. The van der Waals surface area contributed by atoms with Gasteiger partial charge in [0.1, 0.15) is 0 Å². The van der Waals surface area contributed by atoms with E-state index < -0.39 is 0 Å². The zero-order valence-corrected chi connectivity index (χ0v) is 17.8. The fraction of sp³-hybridized carbons (Fsp3) is 0.333. The van der Waals surface area contributed by atoms with E-state index in [0.717, 1.165) is 17.5 Å². The van der Waals surface area contributed by atoms with E-state index in [4.69, 9.17) is 9.47 Å². The highest BCUT2D eigenvalue weighted by Gasteiger charge is 2.26. The summed E-state index contributed by atoms with van der Waals surface area (Å²) in [6.45, 7) is 4.99. The van der Waals surface area contributed by atoms with Gasteiger partial charge in [-0.25, -0.2) is 0 Å². The number of methoxy groups -OCH3 is 2. The smallest absolute Gasteiger partial charge is 0.258 e. The van der Waals surface area contributed by atoms with Crippen LogP contribution in [0.5, 0.6) is 11.5 Å². The largest absolute Gasteiger partial charge is 0.493 e. The fourth-order valence-electron chi connectivity index (χ4n) is 4.09. The van der Waals surface area contributed by atoms with Crippen LogP contribution >= 0.6 is 0 Å². The van der Waals surface area contributed by atoms with Gasteiger partial charge >= 0.3 is 0 Å². The number of nitrogens with zero attached hydrogens (tertiary/aromatic N) is 2. The second-order valence-corrected chi connectivity index (χ2v) is 7.85. The molecule has 0 spiro atoms. The van der Waals surface area contributed by atoms with Crippen molar-refractivity contribution < 1.29 is 14.3 Å². The van der Waals surface area contributed by atoms with Crippen molar-refractivity contribution in [2.45, 2.75) is 32.9 Å². The summed E-state index contributed by atoms with van der Waals surface area (Å²) in [5.74, 6) is 1.29. The van der Waals surface area contributed by atoms with Crippen LogP contribution in [0.1, 0.15) is 41.4 Å². The number of hydrogen-bond acceptors (Lipinski definition) is 4. The molecule has 0 unspecified atom stereocenters. The van der Waals surface area contributed by atoms with Gasteiger partial charge in [-0.3, -0.25) is 9.59 Å². The SMILES string of the molecule is COc1cc2c(cc1OC)CN(C(=O)c1cn(C(C)C)c(=O)c3ccccc13)CC2. The Bertz CT molecular complexity index is 1180. The molecule has 1 aliphatic rings. The van der Waals surface area contributed by atoms with Crippen molar-refractivity contribution in [1.29, 1.82) is 0 Å². The van der Waals surface area contributed by atoms with Gasteiger partial charge in [-0.2, -0.15) is 0 Å². The Labute approximate surface area is 175 Å². The minimum absolute atomic E-state index is 0.0348. The average molecular weight is 406 g/mol. The highest BCUT2D eigenvalue weighted by molar-refractivity contribution is 6.06. The minimum Gasteiger partial charge on any atom is -0.493 e. The third-order valence-electron chi connectivity index (χ3n) is 5.74. The van der Waals surface area contributed by atoms with Crippen LogP contribution in [0.15, 0.2) is 47.4 Å². The molecular weight excluding hydrogens is 380 g/mol. The minimum atomic E-state index is -0.0713. The first-order chi connectivity index (χ1) is 14.4. The summed E-state index contributed by atoms with van der Waals surface area (Å²) in [6.07, 6.45) is 2.45. The number of pyridine rings is 1. The molecule has 6 heteroatoms. The maximum absolute atomic E-state index is 13.5. The van der Waals surface area contributed by atoms with E-state index in [-0.39, 0.29) is 17.5 Å². The Morgan fingerprint density at radius 2 is 1.63 bits per heavy atom. The van der Waals surface area contributed by atoms with Crippen LogP contribution in [0.25, 0.3) is 10.8 Å². The Morgan fingerprint density at radius 3 is 2.27 bits per heavy atom. The number of benzene rings is 2. The van der Waals surface area contributed by atoms with Crippen LogP contribution in [0.2, 0.25) is 0 Å². The number of rotatable bonds is 4. The lowest BCUT2D eigenvalue weighted by Gasteiger charge is -2.30. The van der Waals surface area contributed by atoms with Crippen molar-refractivity contribution in [1.82, 2.24) is 9.47 Å². The highest BCUT2D eigenvalue weighted by Crippen LogP contribution is 2.33. The molecule has 0 aliphatic carbocycles. The van der Waals surface area contributed by atoms with Gasteiger partial charge in [0, 0.05) is 36.1 Å². The van der Waals surface area contributed by atoms with Crippen LogP contribution in [0.4, 0.5) is 0 Å². The molecule has 6 nitrogen and oxygen atoms in total. The van der Waals surface area contributed by atoms with Gasteiger partial charge in [0.05, 0.1) is 19.8 Å². The maximum Gasteiger partial charge on any atom is 0.258 e. The lowest BCUT2D eigenvalue weighted by molar-refractivity contribution is 0.0735. The molecule has 156 valence electrons. The zero-order chi connectivity index (χ0) is 21.4. The van der Waals surface area contributed by atoms with E-state index in [1.807, 2.05) is 49.1 Å². The third kappa shape index (κ3) is 3.32. The number of ether oxygens (including phenoxy) is 2. The molecule has 3 aromatic rings. The summed E-state index contributed by atoms with van der Waals surface area (Å²) in [5.41, 5.74) is 2.70. The molecule has 0 N–H and O–H groups in total.